The van der Waals surface area contributed by atoms with Crippen molar-refractivity contribution in [2.24, 2.45) is 5.92 Å². The van der Waals surface area contributed by atoms with Crippen molar-refractivity contribution in [2.45, 2.75) is 24.6 Å². The molecule has 6 heteroatoms. The van der Waals surface area contributed by atoms with Crippen LogP contribution in [0.4, 0.5) is 0 Å². The van der Waals surface area contributed by atoms with Gasteiger partial charge in [-0.15, -0.1) is 11.6 Å². The van der Waals surface area contributed by atoms with E-state index in [1.165, 1.54) is 0 Å². The molecule has 1 aromatic carbocycles. The molecule has 0 aliphatic carbocycles. The van der Waals surface area contributed by atoms with Gasteiger partial charge in [0.1, 0.15) is 0 Å². The Hall–Kier alpha value is -0.620. The van der Waals surface area contributed by atoms with Crippen LogP contribution in [0.25, 0.3) is 0 Å². The SMILES string of the molecule is CC(C)CN1CCN(S(=O)(=O)c2ccccc2CCl)CC1. The van der Waals surface area contributed by atoms with E-state index in [4.69, 9.17) is 11.6 Å². The molecule has 1 aliphatic heterocycles. The first-order valence-electron chi connectivity index (χ1n) is 7.31. The van der Waals surface area contributed by atoms with Gasteiger partial charge < -0.3 is 4.90 Å². The number of benzene rings is 1. The summed E-state index contributed by atoms with van der Waals surface area (Å²) in [4.78, 5) is 2.67. The Morgan fingerprint density at radius 3 is 2.33 bits per heavy atom. The minimum atomic E-state index is -3.43. The average Bonchev–Trinajstić information content (AvgIpc) is 2.47. The number of sulfonamides is 1. The van der Waals surface area contributed by atoms with Gasteiger partial charge in [-0.2, -0.15) is 4.31 Å². The summed E-state index contributed by atoms with van der Waals surface area (Å²) >= 11 is 5.87. The van der Waals surface area contributed by atoms with E-state index in [9.17, 15) is 8.42 Å². The molecule has 0 unspecified atom stereocenters. The number of piperazine rings is 1. The van der Waals surface area contributed by atoms with Gasteiger partial charge in [0.15, 0.2) is 0 Å². The second kappa shape index (κ2) is 7.09. The van der Waals surface area contributed by atoms with Crippen LogP contribution in [0.5, 0.6) is 0 Å². The summed E-state index contributed by atoms with van der Waals surface area (Å²) in [6.07, 6.45) is 0. The van der Waals surface area contributed by atoms with Gasteiger partial charge in [-0.05, 0) is 17.5 Å². The lowest BCUT2D eigenvalue weighted by Gasteiger charge is -2.35. The summed E-state index contributed by atoms with van der Waals surface area (Å²) in [5, 5.41) is 0. The van der Waals surface area contributed by atoms with E-state index < -0.39 is 10.0 Å². The van der Waals surface area contributed by atoms with Crippen LogP contribution >= 0.6 is 11.6 Å². The van der Waals surface area contributed by atoms with E-state index in [-0.39, 0.29) is 5.88 Å². The third kappa shape index (κ3) is 3.97. The van der Waals surface area contributed by atoms with Crippen LogP contribution in [-0.2, 0) is 15.9 Å². The maximum atomic E-state index is 12.7. The van der Waals surface area contributed by atoms with Crippen LogP contribution in [0, 0.1) is 5.92 Å². The Balaban J connectivity index is 2.11. The molecule has 1 fully saturated rings. The van der Waals surface area contributed by atoms with E-state index in [0.29, 0.717) is 29.5 Å². The Labute approximate surface area is 132 Å². The van der Waals surface area contributed by atoms with E-state index in [1.807, 2.05) is 6.07 Å². The Morgan fingerprint density at radius 2 is 1.76 bits per heavy atom. The highest BCUT2D eigenvalue weighted by Crippen LogP contribution is 2.22. The van der Waals surface area contributed by atoms with Crippen LogP contribution in [0.2, 0.25) is 0 Å². The molecule has 0 saturated carbocycles. The van der Waals surface area contributed by atoms with E-state index >= 15 is 0 Å². The first-order valence-corrected chi connectivity index (χ1v) is 9.29. The first kappa shape index (κ1) is 16.7. The zero-order valence-corrected chi connectivity index (χ0v) is 14.2. The minimum absolute atomic E-state index is 0.211. The van der Waals surface area contributed by atoms with Crippen LogP contribution in [0.1, 0.15) is 19.4 Å². The summed E-state index contributed by atoms with van der Waals surface area (Å²) in [6.45, 7) is 8.06. The van der Waals surface area contributed by atoms with Gasteiger partial charge >= 0.3 is 0 Å². The number of halogens is 1. The van der Waals surface area contributed by atoms with E-state index in [1.54, 1.807) is 22.5 Å². The van der Waals surface area contributed by atoms with Crippen molar-refractivity contribution in [3.8, 4) is 0 Å². The quantitative estimate of drug-likeness (QED) is 0.778. The number of alkyl halides is 1. The highest BCUT2D eigenvalue weighted by molar-refractivity contribution is 7.89. The van der Waals surface area contributed by atoms with Gasteiger partial charge in [0.25, 0.3) is 0 Å². The van der Waals surface area contributed by atoms with Crippen LogP contribution in [0.3, 0.4) is 0 Å². The van der Waals surface area contributed by atoms with Crippen molar-refractivity contribution in [1.29, 1.82) is 0 Å². The fourth-order valence-electron chi connectivity index (χ4n) is 2.67. The number of hydrogen-bond donors (Lipinski definition) is 0. The van der Waals surface area contributed by atoms with Crippen molar-refractivity contribution in [3.05, 3.63) is 29.8 Å². The molecule has 0 aromatic heterocycles. The van der Waals surface area contributed by atoms with Gasteiger partial charge in [0, 0.05) is 38.6 Å². The van der Waals surface area contributed by atoms with Crippen molar-refractivity contribution in [2.75, 3.05) is 32.7 Å². The molecule has 1 saturated heterocycles. The molecule has 0 amide bonds. The normalized spacial score (nSPS) is 18.3. The number of hydrogen-bond acceptors (Lipinski definition) is 3. The summed E-state index contributed by atoms with van der Waals surface area (Å²) in [7, 11) is -3.43. The lowest BCUT2D eigenvalue weighted by molar-refractivity contribution is 0.172. The van der Waals surface area contributed by atoms with Gasteiger partial charge in [-0.1, -0.05) is 32.0 Å². The van der Waals surface area contributed by atoms with Crippen molar-refractivity contribution < 1.29 is 8.42 Å². The average molecular weight is 331 g/mol. The lowest BCUT2D eigenvalue weighted by atomic mass is 10.2. The highest BCUT2D eigenvalue weighted by Gasteiger charge is 2.29. The minimum Gasteiger partial charge on any atom is -0.300 e. The van der Waals surface area contributed by atoms with Crippen molar-refractivity contribution in [1.82, 2.24) is 9.21 Å². The zero-order chi connectivity index (χ0) is 15.5. The molecule has 1 aromatic rings. The van der Waals surface area contributed by atoms with Gasteiger partial charge in [0.2, 0.25) is 10.0 Å². The monoisotopic (exact) mass is 330 g/mol. The molecule has 118 valence electrons. The van der Waals surface area contributed by atoms with Gasteiger partial charge in [-0.3, -0.25) is 0 Å². The first-order chi connectivity index (χ1) is 9.95. The molecule has 0 radical (unpaired) electrons. The van der Waals surface area contributed by atoms with Crippen LogP contribution in [-0.4, -0.2) is 50.3 Å². The van der Waals surface area contributed by atoms with E-state index in [0.717, 1.165) is 19.6 Å². The largest absolute Gasteiger partial charge is 0.300 e. The molecule has 1 aliphatic rings. The third-order valence-electron chi connectivity index (χ3n) is 3.69. The van der Waals surface area contributed by atoms with Crippen molar-refractivity contribution in [3.63, 3.8) is 0 Å². The molecule has 0 atom stereocenters. The lowest BCUT2D eigenvalue weighted by Crippen LogP contribution is -2.49. The Morgan fingerprint density at radius 1 is 1.14 bits per heavy atom. The highest BCUT2D eigenvalue weighted by atomic mass is 35.5. The Kier molecular flexibility index (Phi) is 5.66. The van der Waals surface area contributed by atoms with Crippen LogP contribution < -0.4 is 0 Å². The maximum Gasteiger partial charge on any atom is 0.243 e. The topological polar surface area (TPSA) is 40.6 Å². The van der Waals surface area contributed by atoms with Gasteiger partial charge in [-0.25, -0.2) is 8.42 Å². The van der Waals surface area contributed by atoms with Gasteiger partial charge in [0.05, 0.1) is 4.90 Å². The molecule has 21 heavy (non-hydrogen) atoms. The molecule has 4 nitrogen and oxygen atoms in total. The molecule has 0 bridgehead atoms. The molecular formula is C15H23ClN2O2S. The second-order valence-electron chi connectivity index (χ2n) is 5.84. The fourth-order valence-corrected chi connectivity index (χ4v) is 4.63. The van der Waals surface area contributed by atoms with E-state index in [2.05, 4.69) is 18.7 Å². The number of nitrogens with zero attached hydrogens (tertiary/aromatic N) is 2. The molecule has 0 spiro atoms. The molecule has 1 heterocycles. The number of rotatable bonds is 5. The van der Waals surface area contributed by atoms with Crippen molar-refractivity contribution >= 4 is 21.6 Å². The standard InChI is InChI=1S/C15H23ClN2O2S/c1-13(2)12-17-7-9-18(10-8-17)21(19,20)15-6-4-3-5-14(15)11-16/h3-6,13H,7-12H2,1-2H3. The predicted molar refractivity (Wildman–Crippen MR) is 86.0 cm³/mol. The zero-order valence-electron chi connectivity index (χ0n) is 12.6. The third-order valence-corrected chi connectivity index (χ3v) is 5.98. The molecular weight excluding hydrogens is 308 g/mol. The summed E-state index contributed by atoms with van der Waals surface area (Å²) in [5.41, 5.74) is 0.670. The molecule has 0 N–H and O–H groups in total. The van der Waals surface area contributed by atoms with Crippen LogP contribution in [0.15, 0.2) is 29.2 Å². The summed E-state index contributed by atoms with van der Waals surface area (Å²) in [5.74, 6) is 0.813. The summed E-state index contributed by atoms with van der Waals surface area (Å²) < 4.78 is 27.1. The molecule has 2 rings (SSSR count). The maximum absolute atomic E-state index is 12.7. The summed E-state index contributed by atoms with van der Waals surface area (Å²) in [6, 6.07) is 6.98. The fraction of sp³-hybridized carbons (Fsp3) is 0.600. The Bertz CT molecular complexity index is 567. The second-order valence-corrected chi connectivity index (χ2v) is 8.01. The predicted octanol–water partition coefficient (Wildman–Crippen LogP) is 2.39. The smallest absolute Gasteiger partial charge is 0.243 e.